The molecule has 0 fully saturated rings. The first-order valence-corrected chi connectivity index (χ1v) is 6.45. The average Bonchev–Trinajstić information content (AvgIpc) is 2.54. The van der Waals surface area contributed by atoms with Crippen LogP contribution in [0.2, 0.25) is 0 Å². The lowest BCUT2D eigenvalue weighted by molar-refractivity contribution is -0.146. The van der Waals surface area contributed by atoms with E-state index in [2.05, 4.69) is 0 Å². The summed E-state index contributed by atoms with van der Waals surface area (Å²) in [6.45, 7) is -1.02. The van der Waals surface area contributed by atoms with E-state index in [9.17, 15) is 19.1 Å². The summed E-state index contributed by atoms with van der Waals surface area (Å²) >= 11 is 0. The van der Waals surface area contributed by atoms with E-state index in [0.717, 1.165) is 5.56 Å². The van der Waals surface area contributed by atoms with E-state index in [1.165, 1.54) is 12.1 Å². The van der Waals surface area contributed by atoms with Gasteiger partial charge in [-0.15, -0.1) is 0 Å². The lowest BCUT2D eigenvalue weighted by Crippen LogP contribution is -2.48. The second kappa shape index (κ2) is 5.95. The zero-order chi connectivity index (χ0) is 16.3. The summed E-state index contributed by atoms with van der Waals surface area (Å²) < 4.78 is 14.3. The van der Waals surface area contributed by atoms with Crippen LogP contribution < -0.4 is 5.73 Å². The molecular weight excluding hydrogens is 289 g/mol. The number of carbonyl (C=O) groups is 2. The van der Waals surface area contributed by atoms with E-state index in [1.807, 2.05) is 0 Å². The van der Waals surface area contributed by atoms with Crippen LogP contribution in [0.25, 0.3) is 11.1 Å². The highest BCUT2D eigenvalue weighted by atomic mass is 19.1. The number of carboxylic acids is 1. The predicted molar refractivity (Wildman–Crippen MR) is 78.4 cm³/mol. The number of carboxylic acid groups (broad SMARTS) is 1. The van der Waals surface area contributed by atoms with Crippen LogP contribution in [0.1, 0.15) is 10.4 Å². The van der Waals surface area contributed by atoms with E-state index in [1.54, 1.807) is 36.4 Å². The number of benzene rings is 2. The molecule has 0 saturated heterocycles. The van der Waals surface area contributed by atoms with Crippen LogP contribution >= 0.6 is 0 Å². The standard InChI is InChI=1S/C16H14FNO4/c17-16(9-18,15(21)22)14(20)12-8-11(6-7-13(12)19)10-4-2-1-3-5-10/h1-8,19H,9,18H2,(H,21,22). The molecule has 0 aliphatic rings. The van der Waals surface area contributed by atoms with Crippen molar-refractivity contribution < 1.29 is 24.2 Å². The molecule has 0 heterocycles. The number of hydrogen-bond donors (Lipinski definition) is 3. The summed E-state index contributed by atoms with van der Waals surface area (Å²) in [5.74, 6) is -3.86. The number of halogens is 1. The van der Waals surface area contributed by atoms with Crippen LogP contribution in [0.5, 0.6) is 5.75 Å². The second-order valence-corrected chi connectivity index (χ2v) is 4.74. The molecule has 1 atom stereocenters. The van der Waals surface area contributed by atoms with Gasteiger partial charge in [0.2, 0.25) is 5.78 Å². The maximum atomic E-state index is 14.3. The molecular formula is C16H14FNO4. The molecule has 0 bridgehead atoms. The molecule has 0 amide bonds. The topological polar surface area (TPSA) is 101 Å². The fourth-order valence-corrected chi connectivity index (χ4v) is 2.02. The smallest absolute Gasteiger partial charge is 0.351 e. The van der Waals surface area contributed by atoms with Crippen molar-refractivity contribution >= 4 is 11.8 Å². The van der Waals surface area contributed by atoms with Gasteiger partial charge in [0.25, 0.3) is 5.67 Å². The van der Waals surface area contributed by atoms with Gasteiger partial charge in [0.15, 0.2) is 0 Å². The van der Waals surface area contributed by atoms with Crippen LogP contribution in [0.4, 0.5) is 4.39 Å². The number of nitrogens with two attached hydrogens (primary N) is 1. The van der Waals surface area contributed by atoms with Gasteiger partial charge in [0.1, 0.15) is 5.75 Å². The fourth-order valence-electron chi connectivity index (χ4n) is 2.02. The minimum absolute atomic E-state index is 0.420. The van der Waals surface area contributed by atoms with E-state index in [0.29, 0.717) is 5.56 Å². The zero-order valence-corrected chi connectivity index (χ0v) is 11.5. The number of rotatable bonds is 5. The highest BCUT2D eigenvalue weighted by Gasteiger charge is 2.46. The van der Waals surface area contributed by atoms with Gasteiger partial charge in [0, 0.05) is 6.54 Å². The fraction of sp³-hybridized carbons (Fsp3) is 0.125. The van der Waals surface area contributed by atoms with Crippen molar-refractivity contribution in [1.29, 1.82) is 0 Å². The monoisotopic (exact) mass is 303 g/mol. The minimum Gasteiger partial charge on any atom is -0.507 e. The summed E-state index contributed by atoms with van der Waals surface area (Å²) in [5, 5.41) is 18.7. The third-order valence-corrected chi connectivity index (χ3v) is 3.33. The minimum atomic E-state index is -3.27. The van der Waals surface area contributed by atoms with Gasteiger partial charge in [-0.3, -0.25) is 4.79 Å². The molecule has 0 aliphatic heterocycles. The molecule has 0 aromatic heterocycles. The Morgan fingerprint density at radius 1 is 1.09 bits per heavy atom. The predicted octanol–water partition coefficient (Wildman–Crippen LogP) is 1.99. The molecule has 2 aromatic carbocycles. The average molecular weight is 303 g/mol. The number of phenols is 1. The van der Waals surface area contributed by atoms with Gasteiger partial charge < -0.3 is 15.9 Å². The maximum absolute atomic E-state index is 14.3. The Labute approximate surface area is 125 Å². The van der Waals surface area contributed by atoms with Crippen molar-refractivity contribution in [3.8, 4) is 16.9 Å². The van der Waals surface area contributed by atoms with Crippen molar-refractivity contribution in [3.63, 3.8) is 0 Å². The first-order valence-electron chi connectivity index (χ1n) is 6.45. The summed E-state index contributed by atoms with van der Waals surface area (Å²) in [4.78, 5) is 23.1. The lowest BCUT2D eigenvalue weighted by atomic mass is 9.92. The van der Waals surface area contributed by atoms with Gasteiger partial charge >= 0.3 is 5.97 Å². The first-order chi connectivity index (χ1) is 10.4. The molecule has 114 valence electrons. The van der Waals surface area contributed by atoms with E-state index >= 15 is 0 Å². The highest BCUT2D eigenvalue weighted by molar-refractivity contribution is 6.16. The first kappa shape index (κ1) is 15.7. The molecule has 0 spiro atoms. The molecule has 0 radical (unpaired) electrons. The number of phenolic OH excluding ortho intramolecular Hbond substituents is 1. The number of hydrogen-bond acceptors (Lipinski definition) is 4. The van der Waals surface area contributed by atoms with Gasteiger partial charge in [-0.2, -0.15) is 0 Å². The summed E-state index contributed by atoms with van der Waals surface area (Å²) in [6.07, 6.45) is 0. The summed E-state index contributed by atoms with van der Waals surface area (Å²) in [5.41, 5.74) is 2.68. The SMILES string of the molecule is NCC(F)(C(=O)O)C(=O)c1cc(-c2ccccc2)ccc1O. The van der Waals surface area contributed by atoms with Crippen LogP contribution in [0.3, 0.4) is 0 Å². The Morgan fingerprint density at radius 3 is 2.27 bits per heavy atom. The van der Waals surface area contributed by atoms with Crippen molar-refractivity contribution in [3.05, 3.63) is 54.1 Å². The summed E-state index contributed by atoms with van der Waals surface area (Å²) in [6, 6.07) is 12.9. The van der Waals surface area contributed by atoms with Gasteiger partial charge in [0.05, 0.1) is 5.56 Å². The highest BCUT2D eigenvalue weighted by Crippen LogP contribution is 2.29. The normalized spacial score (nSPS) is 13.4. The molecule has 5 nitrogen and oxygen atoms in total. The van der Waals surface area contributed by atoms with Crippen LogP contribution in [-0.4, -0.2) is 34.2 Å². The number of aromatic hydroxyl groups is 1. The molecule has 0 aliphatic carbocycles. The van der Waals surface area contributed by atoms with E-state index < -0.39 is 35.3 Å². The Balaban J connectivity index is 2.52. The van der Waals surface area contributed by atoms with Crippen LogP contribution in [0, 0.1) is 0 Å². The Kier molecular flexibility index (Phi) is 4.23. The van der Waals surface area contributed by atoms with E-state index in [4.69, 9.17) is 10.8 Å². The number of aliphatic carboxylic acids is 1. The third kappa shape index (κ3) is 2.68. The van der Waals surface area contributed by atoms with E-state index in [-0.39, 0.29) is 0 Å². The molecule has 0 saturated carbocycles. The van der Waals surface area contributed by atoms with Crippen LogP contribution in [0.15, 0.2) is 48.5 Å². The van der Waals surface area contributed by atoms with Crippen molar-refractivity contribution in [1.82, 2.24) is 0 Å². The molecule has 22 heavy (non-hydrogen) atoms. The Morgan fingerprint density at radius 2 is 1.73 bits per heavy atom. The van der Waals surface area contributed by atoms with Crippen LogP contribution in [-0.2, 0) is 4.79 Å². The molecule has 6 heteroatoms. The van der Waals surface area contributed by atoms with Gasteiger partial charge in [-0.25, -0.2) is 9.18 Å². The number of ketones is 1. The molecule has 2 aromatic rings. The third-order valence-electron chi connectivity index (χ3n) is 3.33. The summed E-state index contributed by atoms with van der Waals surface area (Å²) in [7, 11) is 0. The zero-order valence-electron chi connectivity index (χ0n) is 11.5. The molecule has 1 unspecified atom stereocenters. The number of alkyl halides is 1. The van der Waals surface area contributed by atoms with Gasteiger partial charge in [-0.1, -0.05) is 36.4 Å². The second-order valence-electron chi connectivity index (χ2n) is 4.74. The van der Waals surface area contributed by atoms with Gasteiger partial charge in [-0.05, 0) is 23.3 Å². The number of Topliss-reactive ketones (excluding diaryl/α,β-unsaturated/α-hetero) is 1. The molecule has 4 N–H and O–H groups in total. The quantitative estimate of drug-likeness (QED) is 0.579. The molecule has 2 rings (SSSR count). The Hall–Kier alpha value is -2.73. The van der Waals surface area contributed by atoms with Crippen molar-refractivity contribution in [2.45, 2.75) is 5.67 Å². The van der Waals surface area contributed by atoms with Crippen molar-refractivity contribution in [2.75, 3.05) is 6.54 Å². The largest absolute Gasteiger partial charge is 0.507 e. The maximum Gasteiger partial charge on any atom is 0.351 e. The lowest BCUT2D eigenvalue weighted by Gasteiger charge is -2.18. The van der Waals surface area contributed by atoms with Crippen molar-refractivity contribution in [2.24, 2.45) is 5.73 Å². The number of carbonyl (C=O) groups excluding carboxylic acids is 1. The Bertz CT molecular complexity index is 717.